The van der Waals surface area contributed by atoms with Gasteiger partial charge in [-0.1, -0.05) is 50.2 Å². The molecule has 0 unspecified atom stereocenters. The van der Waals surface area contributed by atoms with Crippen LogP contribution in [0.1, 0.15) is 20.8 Å². The van der Waals surface area contributed by atoms with Crippen LogP contribution in [-0.4, -0.2) is 37.5 Å². The second kappa shape index (κ2) is 15.8. The lowest BCUT2D eigenvalue weighted by atomic mass is 10.4. The van der Waals surface area contributed by atoms with Crippen molar-refractivity contribution in [1.82, 2.24) is 4.90 Å². The van der Waals surface area contributed by atoms with E-state index in [4.69, 9.17) is 0 Å². The van der Waals surface area contributed by atoms with E-state index < -0.39 is 6.18 Å². The predicted molar refractivity (Wildman–Crippen MR) is 82.8 cm³/mol. The maximum absolute atomic E-state index is 10.4. The van der Waals surface area contributed by atoms with Crippen molar-refractivity contribution >= 4 is 17.4 Å². The van der Waals surface area contributed by atoms with E-state index in [0.717, 1.165) is 0 Å². The van der Waals surface area contributed by atoms with Crippen LogP contribution in [0.15, 0.2) is 36.4 Å². The van der Waals surface area contributed by atoms with Gasteiger partial charge in [-0.2, -0.15) is 13.2 Å². The lowest BCUT2D eigenvalue weighted by Gasteiger charge is -2.09. The molecule has 0 atom stereocenters. The van der Waals surface area contributed by atoms with Gasteiger partial charge in [-0.05, 0) is 12.2 Å². The molecule has 20 heavy (non-hydrogen) atoms. The molecule has 0 radical (unpaired) electrons. The number of halogens is 3. The zero-order valence-corrected chi connectivity index (χ0v) is 13.7. The molecule has 0 aliphatic rings. The summed E-state index contributed by atoms with van der Waals surface area (Å²) in [4.78, 5) is 1.73. The van der Waals surface area contributed by atoms with Crippen LogP contribution in [0.3, 0.4) is 0 Å². The maximum Gasteiger partial charge on any atom is 0.386 e. The van der Waals surface area contributed by atoms with Crippen molar-refractivity contribution in [2.75, 3.05) is 21.2 Å². The Balaban J connectivity index is -0.000000206. The molecule has 0 heterocycles. The molecule has 0 saturated carbocycles. The second-order valence-electron chi connectivity index (χ2n) is 3.30. The first-order chi connectivity index (χ1) is 9.18. The highest BCUT2D eigenvalue weighted by molar-refractivity contribution is 7.79. The van der Waals surface area contributed by atoms with Crippen molar-refractivity contribution in [2.45, 2.75) is 26.9 Å². The normalized spacial score (nSPS) is 8.45. The summed E-state index contributed by atoms with van der Waals surface area (Å²) in [6.45, 7) is 4.19. The number of thiocarbonyl (C=S) groups is 1. The Morgan fingerprint density at radius 1 is 0.950 bits per heavy atom. The van der Waals surface area contributed by atoms with E-state index in [1.54, 1.807) is 12.0 Å². The topological polar surface area (TPSA) is 12.5 Å². The van der Waals surface area contributed by atoms with Crippen LogP contribution in [0.2, 0.25) is 0 Å². The summed E-state index contributed by atoms with van der Waals surface area (Å²) in [6.07, 6.45) is -4.00. The van der Waals surface area contributed by atoms with Gasteiger partial charge in [0.2, 0.25) is 0 Å². The molecular formula is C14H24F3NOS. The summed E-state index contributed by atoms with van der Waals surface area (Å²) in [5.41, 5.74) is 0. The van der Waals surface area contributed by atoms with Crippen molar-refractivity contribution in [1.29, 1.82) is 0 Å². The molecule has 0 bridgehead atoms. The van der Waals surface area contributed by atoms with E-state index in [-0.39, 0.29) is 6.92 Å². The Hall–Kier alpha value is -1.30. The molecular weight excluding hydrogens is 287 g/mol. The first-order valence-electron chi connectivity index (χ1n) is 6.00. The van der Waals surface area contributed by atoms with Crippen LogP contribution in [0.25, 0.3) is 0 Å². The zero-order chi connectivity index (χ0) is 16.6. The van der Waals surface area contributed by atoms with Gasteiger partial charge in [0, 0.05) is 21.0 Å². The van der Waals surface area contributed by atoms with Gasteiger partial charge in [-0.25, -0.2) is 0 Å². The Morgan fingerprint density at radius 2 is 1.15 bits per heavy atom. The van der Waals surface area contributed by atoms with E-state index in [1.165, 1.54) is 0 Å². The van der Waals surface area contributed by atoms with Gasteiger partial charge in [0.1, 0.15) is 0 Å². The molecule has 0 aromatic heterocycles. The third-order valence-corrected chi connectivity index (χ3v) is 1.74. The SMILES string of the molecule is CC.CC(F)(F)F.COC(=S)N(C)C.c1ccccc1. The minimum Gasteiger partial charge on any atom is -0.474 e. The molecule has 0 amide bonds. The van der Waals surface area contributed by atoms with Gasteiger partial charge in [-0.15, -0.1) is 0 Å². The molecule has 6 heteroatoms. The Morgan fingerprint density at radius 3 is 1.20 bits per heavy atom. The summed E-state index contributed by atoms with van der Waals surface area (Å²) < 4.78 is 35.7. The van der Waals surface area contributed by atoms with E-state index in [2.05, 4.69) is 17.0 Å². The molecule has 0 spiro atoms. The van der Waals surface area contributed by atoms with Crippen molar-refractivity contribution in [2.24, 2.45) is 0 Å². The molecule has 1 rings (SSSR count). The number of hydrogen-bond acceptors (Lipinski definition) is 2. The van der Waals surface area contributed by atoms with Gasteiger partial charge in [0.05, 0.1) is 7.11 Å². The monoisotopic (exact) mass is 311 g/mol. The fourth-order valence-corrected chi connectivity index (χ4v) is 0.567. The third-order valence-electron chi connectivity index (χ3n) is 1.21. The van der Waals surface area contributed by atoms with Crippen molar-refractivity contribution in [3.63, 3.8) is 0 Å². The van der Waals surface area contributed by atoms with Crippen LogP contribution in [0.5, 0.6) is 0 Å². The highest BCUT2D eigenvalue weighted by Crippen LogP contribution is 2.10. The number of nitrogens with zero attached hydrogens (tertiary/aromatic N) is 1. The number of benzene rings is 1. The number of rotatable bonds is 0. The lowest BCUT2D eigenvalue weighted by Crippen LogP contribution is -2.20. The van der Waals surface area contributed by atoms with E-state index in [0.29, 0.717) is 5.17 Å². The zero-order valence-electron chi connectivity index (χ0n) is 12.9. The third kappa shape index (κ3) is 36.0. The first kappa shape index (κ1) is 23.8. The Labute approximate surface area is 125 Å². The fourth-order valence-electron chi connectivity index (χ4n) is 0.567. The molecule has 0 saturated heterocycles. The van der Waals surface area contributed by atoms with E-state index in [1.807, 2.05) is 64.3 Å². The fraction of sp³-hybridized carbons (Fsp3) is 0.500. The molecule has 118 valence electrons. The van der Waals surface area contributed by atoms with Crippen molar-refractivity contribution in [3.05, 3.63) is 36.4 Å². The van der Waals surface area contributed by atoms with Gasteiger partial charge >= 0.3 is 6.18 Å². The predicted octanol–water partition coefficient (Wildman–Crippen LogP) is 4.76. The minimum absolute atomic E-state index is 0.188. The van der Waals surface area contributed by atoms with Crippen LogP contribution < -0.4 is 0 Å². The molecule has 1 aromatic rings. The maximum atomic E-state index is 10.4. The molecule has 0 fully saturated rings. The van der Waals surface area contributed by atoms with Gasteiger partial charge in [0.25, 0.3) is 5.17 Å². The lowest BCUT2D eigenvalue weighted by molar-refractivity contribution is -0.110. The van der Waals surface area contributed by atoms with E-state index in [9.17, 15) is 13.2 Å². The summed E-state index contributed by atoms with van der Waals surface area (Å²) in [5, 5.41) is 0.514. The van der Waals surface area contributed by atoms with Gasteiger partial charge < -0.3 is 9.64 Å². The highest BCUT2D eigenvalue weighted by atomic mass is 32.1. The molecule has 0 aliphatic carbocycles. The van der Waals surface area contributed by atoms with Crippen molar-refractivity contribution in [3.8, 4) is 0 Å². The number of methoxy groups -OCH3 is 1. The quantitative estimate of drug-likeness (QED) is 0.641. The van der Waals surface area contributed by atoms with Crippen LogP contribution in [0.4, 0.5) is 13.2 Å². The van der Waals surface area contributed by atoms with E-state index >= 15 is 0 Å². The average Bonchev–Trinajstić information content (AvgIpc) is 2.41. The highest BCUT2D eigenvalue weighted by Gasteiger charge is 2.15. The molecule has 1 aromatic carbocycles. The van der Waals surface area contributed by atoms with Crippen molar-refractivity contribution < 1.29 is 17.9 Å². The summed E-state index contributed by atoms with van der Waals surface area (Å²) in [6, 6.07) is 12.0. The Kier molecular flexibility index (Phi) is 18.7. The smallest absolute Gasteiger partial charge is 0.386 e. The largest absolute Gasteiger partial charge is 0.474 e. The van der Waals surface area contributed by atoms with Crippen LogP contribution in [0, 0.1) is 0 Å². The number of ether oxygens (including phenoxy) is 1. The molecule has 0 N–H and O–H groups in total. The average molecular weight is 311 g/mol. The molecule has 0 aliphatic heterocycles. The standard InChI is InChI=1S/C6H6.C4H9NOS.C2H3F3.C2H6/c1-2-4-6-5-3-1;1-5(2)4(7)6-3;1-2(3,4)5;1-2/h1-6H;1-3H3;1H3;1-2H3. The summed E-state index contributed by atoms with van der Waals surface area (Å²) in [5.74, 6) is 0. The van der Waals surface area contributed by atoms with Crippen LogP contribution in [-0.2, 0) is 4.74 Å². The van der Waals surface area contributed by atoms with Gasteiger partial charge in [0.15, 0.2) is 0 Å². The minimum atomic E-state index is -4.00. The first-order valence-corrected chi connectivity index (χ1v) is 6.41. The molecule has 2 nitrogen and oxygen atoms in total. The second-order valence-corrected chi connectivity index (χ2v) is 3.65. The number of alkyl halides is 3. The summed E-state index contributed by atoms with van der Waals surface area (Å²) >= 11 is 4.68. The van der Waals surface area contributed by atoms with Gasteiger partial charge in [-0.3, -0.25) is 0 Å². The van der Waals surface area contributed by atoms with Crippen LogP contribution >= 0.6 is 12.2 Å². The Bertz CT molecular complexity index is 270. The summed E-state index contributed by atoms with van der Waals surface area (Å²) in [7, 11) is 5.24. The number of hydrogen-bond donors (Lipinski definition) is 0.